The quantitative estimate of drug-likeness (QED) is 0.782. The zero-order valence-corrected chi connectivity index (χ0v) is 12.1. The summed E-state index contributed by atoms with van der Waals surface area (Å²) in [5.74, 6) is -4.05. The third kappa shape index (κ3) is 2.10. The first kappa shape index (κ1) is 15.3. The molecule has 1 aromatic carbocycles. The molecule has 1 fully saturated rings. The van der Waals surface area contributed by atoms with Gasteiger partial charge in [0.2, 0.25) is 0 Å². The third-order valence-electron chi connectivity index (χ3n) is 4.89. The average Bonchev–Trinajstić information content (AvgIpc) is 2.51. The first-order chi connectivity index (χ1) is 10.3. The van der Waals surface area contributed by atoms with Crippen molar-refractivity contribution in [3.63, 3.8) is 0 Å². The molecule has 2 bridgehead atoms. The van der Waals surface area contributed by atoms with E-state index in [1.54, 1.807) is 0 Å². The standard InChI is InChI=1S/C17H16F4O/c1-10-2-3-11(13(19)12(10)18)4-5-16-6-8-17(22,9-7-16)15(21)14(16)20/h2-5,22H,6-9H2,1H3/b5-4+. The van der Waals surface area contributed by atoms with Gasteiger partial charge in [0.15, 0.2) is 17.5 Å². The molecule has 0 radical (unpaired) electrons. The molecule has 118 valence electrons. The second-order valence-electron chi connectivity index (χ2n) is 6.25. The number of benzene rings is 1. The molecule has 0 atom stereocenters. The van der Waals surface area contributed by atoms with Crippen LogP contribution in [0.5, 0.6) is 0 Å². The van der Waals surface area contributed by atoms with Crippen molar-refractivity contribution in [1.82, 2.24) is 0 Å². The van der Waals surface area contributed by atoms with Crippen molar-refractivity contribution in [3.05, 3.63) is 52.6 Å². The fourth-order valence-corrected chi connectivity index (χ4v) is 3.25. The summed E-state index contributed by atoms with van der Waals surface area (Å²) in [6.45, 7) is 1.45. The largest absolute Gasteiger partial charge is 0.383 e. The maximum Gasteiger partial charge on any atom is 0.166 e. The van der Waals surface area contributed by atoms with Crippen molar-refractivity contribution in [1.29, 1.82) is 0 Å². The topological polar surface area (TPSA) is 20.2 Å². The van der Waals surface area contributed by atoms with Crippen LogP contribution in [0.4, 0.5) is 17.6 Å². The van der Waals surface area contributed by atoms with Crippen LogP contribution in [0.3, 0.4) is 0 Å². The van der Waals surface area contributed by atoms with Crippen LogP contribution in [0.15, 0.2) is 29.9 Å². The molecule has 0 amide bonds. The zero-order valence-electron chi connectivity index (χ0n) is 12.1. The first-order valence-electron chi connectivity index (χ1n) is 7.22. The highest BCUT2D eigenvalue weighted by molar-refractivity contribution is 5.53. The molecule has 0 aromatic heterocycles. The molecule has 1 N–H and O–H groups in total. The van der Waals surface area contributed by atoms with Crippen molar-refractivity contribution in [3.8, 4) is 0 Å². The lowest BCUT2D eigenvalue weighted by molar-refractivity contribution is -0.0339. The highest BCUT2D eigenvalue weighted by atomic mass is 19.2. The molecular formula is C17H16F4O. The Morgan fingerprint density at radius 1 is 0.955 bits per heavy atom. The fraction of sp³-hybridized carbons (Fsp3) is 0.412. The Morgan fingerprint density at radius 3 is 2.23 bits per heavy atom. The molecule has 4 rings (SSSR count). The SMILES string of the molecule is Cc1ccc(/C=C/C23CCC(O)(CC2)C(F)=C3F)c(F)c1F. The van der Waals surface area contributed by atoms with Gasteiger partial charge >= 0.3 is 0 Å². The van der Waals surface area contributed by atoms with Crippen molar-refractivity contribution in [2.45, 2.75) is 38.2 Å². The molecule has 0 saturated heterocycles. The maximum absolute atomic E-state index is 14.2. The minimum Gasteiger partial charge on any atom is -0.383 e. The van der Waals surface area contributed by atoms with Crippen LogP contribution in [0, 0.1) is 24.0 Å². The van der Waals surface area contributed by atoms with Gasteiger partial charge < -0.3 is 5.11 Å². The molecule has 1 nitrogen and oxygen atoms in total. The Bertz CT molecular complexity index is 682. The maximum atomic E-state index is 14.2. The van der Waals surface area contributed by atoms with Gasteiger partial charge in [-0.15, -0.1) is 0 Å². The summed E-state index contributed by atoms with van der Waals surface area (Å²) in [5.41, 5.74) is -2.68. The highest BCUT2D eigenvalue weighted by Gasteiger charge is 2.53. The fourth-order valence-electron chi connectivity index (χ4n) is 3.25. The Kier molecular flexibility index (Phi) is 3.44. The average molecular weight is 312 g/mol. The van der Waals surface area contributed by atoms with Crippen molar-refractivity contribution >= 4 is 6.08 Å². The summed E-state index contributed by atoms with van der Waals surface area (Å²) >= 11 is 0. The number of aryl methyl sites for hydroxylation is 1. The van der Waals surface area contributed by atoms with Gasteiger partial charge in [0, 0.05) is 11.0 Å². The van der Waals surface area contributed by atoms with Gasteiger partial charge in [-0.05, 0) is 38.2 Å². The minimum atomic E-state index is -1.69. The van der Waals surface area contributed by atoms with Crippen molar-refractivity contribution in [2.75, 3.05) is 0 Å². The summed E-state index contributed by atoms with van der Waals surface area (Å²) in [5, 5.41) is 9.96. The third-order valence-corrected chi connectivity index (χ3v) is 4.89. The summed E-state index contributed by atoms with van der Waals surface area (Å²) in [4.78, 5) is 0. The van der Waals surface area contributed by atoms with Crippen molar-refractivity contribution in [2.24, 2.45) is 5.41 Å². The lowest BCUT2D eigenvalue weighted by atomic mass is 9.61. The molecule has 1 saturated carbocycles. The van der Waals surface area contributed by atoms with Crippen LogP contribution in [-0.4, -0.2) is 10.7 Å². The summed E-state index contributed by atoms with van der Waals surface area (Å²) in [6, 6.07) is 2.84. The zero-order chi connectivity index (χ0) is 16.1. The van der Waals surface area contributed by atoms with Gasteiger partial charge in [-0.3, -0.25) is 0 Å². The predicted octanol–water partition coefficient (Wildman–Crippen LogP) is 4.74. The molecular weight excluding hydrogens is 296 g/mol. The van der Waals surface area contributed by atoms with E-state index in [4.69, 9.17) is 0 Å². The first-order valence-corrected chi connectivity index (χ1v) is 7.22. The lowest BCUT2D eigenvalue weighted by Gasteiger charge is -2.46. The minimum absolute atomic E-state index is 0.00269. The van der Waals surface area contributed by atoms with Gasteiger partial charge in [-0.25, -0.2) is 17.6 Å². The number of hydrogen-bond acceptors (Lipinski definition) is 1. The van der Waals surface area contributed by atoms with E-state index in [2.05, 4.69) is 0 Å². The van der Waals surface area contributed by atoms with E-state index in [0.717, 1.165) is 0 Å². The second kappa shape index (κ2) is 4.95. The smallest absolute Gasteiger partial charge is 0.166 e. The molecule has 5 heteroatoms. The van der Waals surface area contributed by atoms with Gasteiger partial charge in [0.25, 0.3) is 0 Å². The Balaban J connectivity index is 1.98. The number of aliphatic hydroxyl groups is 1. The normalized spacial score (nSPS) is 31.4. The van der Waals surface area contributed by atoms with Gasteiger partial charge in [-0.2, -0.15) is 0 Å². The monoisotopic (exact) mass is 312 g/mol. The van der Waals surface area contributed by atoms with E-state index in [-0.39, 0.29) is 36.8 Å². The Labute approximate surface area is 126 Å². The summed E-state index contributed by atoms with van der Waals surface area (Å²) in [7, 11) is 0. The lowest BCUT2D eigenvalue weighted by Crippen LogP contribution is -2.45. The molecule has 3 aliphatic rings. The molecule has 0 unspecified atom stereocenters. The Morgan fingerprint density at radius 2 is 1.59 bits per heavy atom. The second-order valence-corrected chi connectivity index (χ2v) is 6.25. The van der Waals surface area contributed by atoms with E-state index in [9.17, 15) is 22.7 Å². The number of hydrogen-bond donors (Lipinski definition) is 1. The molecule has 3 aliphatic carbocycles. The molecule has 22 heavy (non-hydrogen) atoms. The van der Waals surface area contributed by atoms with Crippen LogP contribution in [0.2, 0.25) is 0 Å². The van der Waals surface area contributed by atoms with Gasteiger partial charge in [0.1, 0.15) is 11.4 Å². The molecule has 0 heterocycles. The Hall–Kier alpha value is -1.62. The number of rotatable bonds is 2. The van der Waals surface area contributed by atoms with E-state index in [1.807, 2.05) is 0 Å². The number of fused-ring (bicyclic) bond motifs is 2. The van der Waals surface area contributed by atoms with E-state index in [0.29, 0.717) is 0 Å². The highest BCUT2D eigenvalue weighted by Crippen LogP contribution is 2.57. The van der Waals surface area contributed by atoms with E-state index >= 15 is 0 Å². The van der Waals surface area contributed by atoms with Gasteiger partial charge in [-0.1, -0.05) is 24.3 Å². The van der Waals surface area contributed by atoms with Crippen LogP contribution < -0.4 is 0 Å². The predicted molar refractivity (Wildman–Crippen MR) is 75.2 cm³/mol. The van der Waals surface area contributed by atoms with E-state index < -0.39 is 34.3 Å². The number of allylic oxidation sites excluding steroid dienone is 2. The van der Waals surface area contributed by atoms with Crippen LogP contribution in [-0.2, 0) is 0 Å². The summed E-state index contributed by atoms with van der Waals surface area (Å²) < 4.78 is 55.5. The summed E-state index contributed by atoms with van der Waals surface area (Å²) in [6.07, 6.45) is 3.43. The van der Waals surface area contributed by atoms with Gasteiger partial charge in [0.05, 0.1) is 0 Å². The molecule has 0 spiro atoms. The number of halogens is 4. The van der Waals surface area contributed by atoms with Crippen LogP contribution in [0.25, 0.3) is 6.08 Å². The van der Waals surface area contributed by atoms with Crippen LogP contribution >= 0.6 is 0 Å². The van der Waals surface area contributed by atoms with Crippen LogP contribution in [0.1, 0.15) is 36.8 Å². The van der Waals surface area contributed by atoms with Crippen molar-refractivity contribution < 1.29 is 22.7 Å². The molecule has 0 aliphatic heterocycles. The molecule has 1 aromatic rings. The van der Waals surface area contributed by atoms with E-state index in [1.165, 1.54) is 31.2 Å².